The van der Waals surface area contributed by atoms with Gasteiger partial charge in [-0.2, -0.15) is 0 Å². The van der Waals surface area contributed by atoms with E-state index < -0.39 is 9.84 Å². The fraction of sp³-hybridized carbons (Fsp3) is 0.400. The van der Waals surface area contributed by atoms with Crippen LogP contribution in [-0.4, -0.2) is 26.2 Å². The van der Waals surface area contributed by atoms with Crippen LogP contribution in [0.3, 0.4) is 0 Å². The van der Waals surface area contributed by atoms with Crippen LogP contribution in [0.5, 0.6) is 0 Å². The SMILES string of the molecule is CS(=O)(=O)CCCSc1ccccc1. The van der Waals surface area contributed by atoms with Crippen molar-refractivity contribution in [3.8, 4) is 0 Å². The van der Waals surface area contributed by atoms with Gasteiger partial charge in [0.25, 0.3) is 0 Å². The summed E-state index contributed by atoms with van der Waals surface area (Å²) in [7, 11) is -2.79. The Kier molecular flexibility index (Phi) is 4.48. The second kappa shape index (κ2) is 5.41. The summed E-state index contributed by atoms with van der Waals surface area (Å²) >= 11 is 1.70. The van der Waals surface area contributed by atoms with Crippen LogP contribution in [0.2, 0.25) is 0 Å². The van der Waals surface area contributed by atoms with E-state index in [4.69, 9.17) is 0 Å². The minimum atomic E-state index is -2.79. The van der Waals surface area contributed by atoms with Crippen molar-refractivity contribution in [3.63, 3.8) is 0 Å². The van der Waals surface area contributed by atoms with Crippen LogP contribution >= 0.6 is 11.8 Å². The number of benzene rings is 1. The van der Waals surface area contributed by atoms with Crippen LogP contribution in [0.15, 0.2) is 35.2 Å². The zero-order chi connectivity index (χ0) is 10.4. The Morgan fingerprint density at radius 2 is 1.86 bits per heavy atom. The van der Waals surface area contributed by atoms with Gasteiger partial charge >= 0.3 is 0 Å². The molecule has 2 nitrogen and oxygen atoms in total. The maximum absolute atomic E-state index is 10.8. The molecular formula is C10H14O2S2. The van der Waals surface area contributed by atoms with E-state index in [1.54, 1.807) is 11.8 Å². The van der Waals surface area contributed by atoms with Crippen molar-refractivity contribution in [1.82, 2.24) is 0 Å². The molecule has 0 N–H and O–H groups in total. The smallest absolute Gasteiger partial charge is 0.147 e. The van der Waals surface area contributed by atoms with Crippen molar-refractivity contribution >= 4 is 21.6 Å². The number of thioether (sulfide) groups is 1. The molecule has 1 rings (SSSR count). The third-order valence-electron chi connectivity index (χ3n) is 1.67. The third-order valence-corrected chi connectivity index (χ3v) is 3.80. The van der Waals surface area contributed by atoms with Gasteiger partial charge in [0.05, 0.1) is 5.75 Å². The third kappa shape index (κ3) is 5.29. The van der Waals surface area contributed by atoms with Gasteiger partial charge in [-0.05, 0) is 24.3 Å². The molecule has 78 valence electrons. The number of hydrogen-bond donors (Lipinski definition) is 0. The first-order valence-corrected chi connectivity index (χ1v) is 7.48. The van der Waals surface area contributed by atoms with Crippen molar-refractivity contribution < 1.29 is 8.42 Å². The molecule has 0 bridgehead atoms. The number of sulfone groups is 1. The lowest BCUT2D eigenvalue weighted by Crippen LogP contribution is -2.03. The van der Waals surface area contributed by atoms with Gasteiger partial charge in [-0.3, -0.25) is 0 Å². The summed E-state index contributed by atoms with van der Waals surface area (Å²) in [5, 5.41) is 0. The lowest BCUT2D eigenvalue weighted by molar-refractivity contribution is 0.600. The Labute approximate surface area is 89.6 Å². The maximum atomic E-state index is 10.8. The molecule has 0 radical (unpaired) electrons. The molecular weight excluding hydrogens is 216 g/mol. The lowest BCUT2D eigenvalue weighted by atomic mass is 10.4. The van der Waals surface area contributed by atoms with Gasteiger partial charge in [0, 0.05) is 11.2 Å². The van der Waals surface area contributed by atoms with Crippen LogP contribution in [0, 0.1) is 0 Å². The van der Waals surface area contributed by atoms with Gasteiger partial charge in [0.2, 0.25) is 0 Å². The van der Waals surface area contributed by atoms with E-state index in [0.29, 0.717) is 0 Å². The molecule has 0 aliphatic carbocycles. The Morgan fingerprint density at radius 1 is 1.21 bits per heavy atom. The second-order valence-electron chi connectivity index (χ2n) is 3.14. The summed E-state index contributed by atoms with van der Waals surface area (Å²) < 4.78 is 21.7. The molecule has 0 aliphatic rings. The Balaban J connectivity index is 2.23. The molecule has 0 aromatic heterocycles. The van der Waals surface area contributed by atoms with E-state index in [1.807, 2.05) is 30.3 Å². The molecule has 0 heterocycles. The maximum Gasteiger partial charge on any atom is 0.147 e. The second-order valence-corrected chi connectivity index (χ2v) is 6.57. The van der Waals surface area contributed by atoms with Crippen LogP contribution < -0.4 is 0 Å². The average molecular weight is 230 g/mol. The molecule has 1 aromatic carbocycles. The van der Waals surface area contributed by atoms with Crippen molar-refractivity contribution in [3.05, 3.63) is 30.3 Å². The number of hydrogen-bond acceptors (Lipinski definition) is 3. The summed E-state index contributed by atoms with van der Waals surface area (Å²) in [4.78, 5) is 1.20. The Morgan fingerprint density at radius 3 is 2.43 bits per heavy atom. The van der Waals surface area contributed by atoms with Crippen LogP contribution in [-0.2, 0) is 9.84 Å². The zero-order valence-electron chi connectivity index (χ0n) is 8.14. The molecule has 0 aliphatic heterocycles. The molecule has 14 heavy (non-hydrogen) atoms. The topological polar surface area (TPSA) is 34.1 Å². The van der Waals surface area contributed by atoms with Crippen molar-refractivity contribution in [1.29, 1.82) is 0 Å². The fourth-order valence-corrected chi connectivity index (χ4v) is 2.75. The molecule has 0 atom stereocenters. The summed E-state index contributed by atoms with van der Waals surface area (Å²) in [5.74, 6) is 1.14. The van der Waals surface area contributed by atoms with E-state index in [-0.39, 0.29) is 5.75 Å². The van der Waals surface area contributed by atoms with Crippen molar-refractivity contribution in [2.75, 3.05) is 17.8 Å². The van der Waals surface area contributed by atoms with Gasteiger partial charge in [-0.25, -0.2) is 8.42 Å². The molecule has 0 spiro atoms. The predicted octanol–water partition coefficient (Wildman–Crippen LogP) is 2.21. The van der Waals surface area contributed by atoms with Crippen LogP contribution in [0.25, 0.3) is 0 Å². The van der Waals surface area contributed by atoms with E-state index in [2.05, 4.69) is 0 Å². The van der Waals surface area contributed by atoms with E-state index >= 15 is 0 Å². The Hall–Kier alpha value is -0.480. The molecule has 0 fully saturated rings. The molecule has 0 saturated heterocycles. The lowest BCUT2D eigenvalue weighted by Gasteiger charge is -2.00. The summed E-state index contributed by atoms with van der Waals surface area (Å²) in [6.45, 7) is 0. The summed E-state index contributed by atoms with van der Waals surface area (Å²) in [6, 6.07) is 10.0. The number of rotatable bonds is 5. The summed E-state index contributed by atoms with van der Waals surface area (Å²) in [5.41, 5.74) is 0. The average Bonchev–Trinajstić information content (AvgIpc) is 2.13. The molecule has 1 aromatic rings. The highest BCUT2D eigenvalue weighted by atomic mass is 32.2. The van der Waals surface area contributed by atoms with Gasteiger partial charge in [0.1, 0.15) is 9.84 Å². The largest absolute Gasteiger partial charge is 0.229 e. The van der Waals surface area contributed by atoms with Crippen LogP contribution in [0.1, 0.15) is 6.42 Å². The van der Waals surface area contributed by atoms with Gasteiger partial charge < -0.3 is 0 Å². The molecule has 0 saturated carbocycles. The summed E-state index contributed by atoms with van der Waals surface area (Å²) in [6.07, 6.45) is 2.00. The first kappa shape index (κ1) is 11.6. The molecule has 4 heteroatoms. The highest BCUT2D eigenvalue weighted by Gasteiger charge is 2.01. The quantitative estimate of drug-likeness (QED) is 0.574. The van der Waals surface area contributed by atoms with E-state index in [1.165, 1.54) is 11.2 Å². The van der Waals surface area contributed by atoms with E-state index in [9.17, 15) is 8.42 Å². The Bertz CT molecular complexity index is 357. The fourth-order valence-electron chi connectivity index (χ4n) is 1.03. The normalized spacial score (nSPS) is 11.5. The van der Waals surface area contributed by atoms with E-state index in [0.717, 1.165) is 12.2 Å². The minimum absolute atomic E-state index is 0.285. The molecule has 0 unspecified atom stereocenters. The highest BCUT2D eigenvalue weighted by Crippen LogP contribution is 2.17. The van der Waals surface area contributed by atoms with Crippen molar-refractivity contribution in [2.24, 2.45) is 0 Å². The van der Waals surface area contributed by atoms with Gasteiger partial charge in [-0.1, -0.05) is 18.2 Å². The first-order chi connectivity index (χ1) is 6.58. The minimum Gasteiger partial charge on any atom is -0.229 e. The standard InChI is InChI=1S/C10H14O2S2/c1-14(11,12)9-5-8-13-10-6-3-2-4-7-10/h2-4,6-7H,5,8-9H2,1H3. The predicted molar refractivity (Wildman–Crippen MR) is 61.5 cm³/mol. The monoisotopic (exact) mass is 230 g/mol. The van der Waals surface area contributed by atoms with Crippen molar-refractivity contribution in [2.45, 2.75) is 11.3 Å². The highest BCUT2D eigenvalue weighted by molar-refractivity contribution is 7.99. The van der Waals surface area contributed by atoms with Gasteiger partial charge in [0.15, 0.2) is 0 Å². The molecule has 0 amide bonds. The van der Waals surface area contributed by atoms with Crippen LogP contribution in [0.4, 0.5) is 0 Å². The zero-order valence-corrected chi connectivity index (χ0v) is 9.77. The first-order valence-electron chi connectivity index (χ1n) is 4.43. The van der Waals surface area contributed by atoms with Gasteiger partial charge in [-0.15, -0.1) is 11.8 Å².